The maximum absolute atomic E-state index is 13.2. The molecule has 0 aliphatic rings. The minimum absolute atomic E-state index is 0.111. The summed E-state index contributed by atoms with van der Waals surface area (Å²) in [5.74, 6) is 0.374. The van der Waals surface area contributed by atoms with Crippen LogP contribution in [0.25, 0.3) is 0 Å². The zero-order chi connectivity index (χ0) is 20.5. The first kappa shape index (κ1) is 22.0. The van der Waals surface area contributed by atoms with Gasteiger partial charge in [0.1, 0.15) is 11.9 Å². The second kappa shape index (κ2) is 10.9. The molecule has 4 nitrogen and oxygen atoms in total. The molecule has 0 fully saturated rings. The van der Waals surface area contributed by atoms with Gasteiger partial charge < -0.3 is 10.2 Å². The number of halogens is 1. The summed E-state index contributed by atoms with van der Waals surface area (Å²) in [6.45, 7) is 6.37. The van der Waals surface area contributed by atoms with Crippen LogP contribution in [-0.4, -0.2) is 35.1 Å². The van der Waals surface area contributed by atoms with Crippen molar-refractivity contribution in [2.75, 3.05) is 12.3 Å². The number of aryl methyl sites for hydroxylation is 1. The van der Waals surface area contributed by atoms with E-state index in [2.05, 4.69) is 29.6 Å². The molecule has 0 heterocycles. The molecule has 0 unspecified atom stereocenters. The van der Waals surface area contributed by atoms with Crippen LogP contribution in [0, 0.1) is 12.7 Å². The second-order valence-corrected chi connectivity index (χ2v) is 7.68. The molecule has 28 heavy (non-hydrogen) atoms. The van der Waals surface area contributed by atoms with Crippen molar-refractivity contribution in [1.82, 2.24) is 10.2 Å². The van der Waals surface area contributed by atoms with Crippen LogP contribution in [0.15, 0.2) is 48.5 Å². The molecule has 2 amide bonds. The van der Waals surface area contributed by atoms with Gasteiger partial charge in [0.25, 0.3) is 0 Å². The molecule has 0 bridgehead atoms. The standard InChI is InChI=1S/C22H27FN2O2S/c1-4-24-22(27)17(3)25(13-18-9-11-20(23)12-10-18)21(26)15-28-14-19-7-5-16(2)6-8-19/h5-12,17H,4,13-15H2,1-3H3,(H,24,27)/t17-/m1/s1. The van der Waals surface area contributed by atoms with Crippen LogP contribution in [-0.2, 0) is 21.9 Å². The van der Waals surface area contributed by atoms with Gasteiger partial charge >= 0.3 is 0 Å². The Bertz CT molecular complexity index is 778. The quantitative estimate of drug-likeness (QED) is 0.692. The van der Waals surface area contributed by atoms with Crippen molar-refractivity contribution in [2.45, 2.75) is 39.1 Å². The first-order valence-corrected chi connectivity index (χ1v) is 10.5. The number of benzene rings is 2. The average Bonchev–Trinajstić information content (AvgIpc) is 2.68. The molecule has 2 aromatic rings. The van der Waals surface area contributed by atoms with Gasteiger partial charge in [-0.3, -0.25) is 9.59 Å². The fourth-order valence-corrected chi connectivity index (χ4v) is 3.59. The lowest BCUT2D eigenvalue weighted by molar-refractivity contribution is -0.138. The van der Waals surface area contributed by atoms with E-state index < -0.39 is 6.04 Å². The van der Waals surface area contributed by atoms with Crippen LogP contribution < -0.4 is 5.32 Å². The van der Waals surface area contributed by atoms with Crippen LogP contribution in [0.5, 0.6) is 0 Å². The van der Waals surface area contributed by atoms with Crippen LogP contribution in [0.2, 0.25) is 0 Å². The molecule has 0 saturated heterocycles. The van der Waals surface area contributed by atoms with Crippen molar-refractivity contribution >= 4 is 23.6 Å². The zero-order valence-electron chi connectivity index (χ0n) is 16.6. The molecule has 0 spiro atoms. The molecule has 2 aromatic carbocycles. The number of thioether (sulfide) groups is 1. The van der Waals surface area contributed by atoms with Gasteiger partial charge in [0.2, 0.25) is 11.8 Å². The van der Waals surface area contributed by atoms with Crippen molar-refractivity contribution in [3.63, 3.8) is 0 Å². The molecular formula is C22H27FN2O2S. The summed E-state index contributed by atoms with van der Waals surface area (Å²) in [5.41, 5.74) is 3.14. The normalized spacial score (nSPS) is 11.7. The molecule has 6 heteroatoms. The number of amides is 2. The van der Waals surface area contributed by atoms with E-state index >= 15 is 0 Å². The maximum atomic E-state index is 13.2. The number of carbonyl (C=O) groups excluding carboxylic acids is 2. The van der Waals surface area contributed by atoms with Gasteiger partial charge in [-0.25, -0.2) is 4.39 Å². The average molecular weight is 403 g/mol. The molecule has 1 atom stereocenters. The van der Waals surface area contributed by atoms with Gasteiger partial charge in [0.15, 0.2) is 0 Å². The molecule has 2 rings (SSSR count). The lowest BCUT2D eigenvalue weighted by Gasteiger charge is -2.28. The fourth-order valence-electron chi connectivity index (χ4n) is 2.71. The van der Waals surface area contributed by atoms with Crippen LogP contribution >= 0.6 is 11.8 Å². The van der Waals surface area contributed by atoms with E-state index in [1.807, 2.05) is 13.8 Å². The van der Waals surface area contributed by atoms with Gasteiger partial charge in [-0.15, -0.1) is 11.8 Å². The Labute approximate surface area is 170 Å². The SMILES string of the molecule is CCNC(=O)[C@@H](C)N(Cc1ccc(F)cc1)C(=O)CSCc1ccc(C)cc1. The summed E-state index contributed by atoms with van der Waals surface area (Å²) < 4.78 is 13.2. The predicted octanol–water partition coefficient (Wildman–Crippen LogP) is 3.92. The topological polar surface area (TPSA) is 49.4 Å². The van der Waals surface area contributed by atoms with E-state index in [4.69, 9.17) is 0 Å². The monoisotopic (exact) mass is 402 g/mol. The largest absolute Gasteiger partial charge is 0.355 e. The minimum atomic E-state index is -0.600. The Balaban J connectivity index is 2.03. The highest BCUT2D eigenvalue weighted by Crippen LogP contribution is 2.16. The van der Waals surface area contributed by atoms with E-state index in [1.54, 1.807) is 24.0 Å². The summed E-state index contributed by atoms with van der Waals surface area (Å²) in [6, 6.07) is 13.6. The Morgan fingerprint density at radius 3 is 2.29 bits per heavy atom. The fraction of sp³-hybridized carbons (Fsp3) is 0.364. The first-order chi connectivity index (χ1) is 13.4. The number of hydrogen-bond donors (Lipinski definition) is 1. The number of nitrogens with zero attached hydrogens (tertiary/aromatic N) is 1. The van der Waals surface area contributed by atoms with Gasteiger partial charge in [0, 0.05) is 18.8 Å². The zero-order valence-corrected chi connectivity index (χ0v) is 17.4. The second-order valence-electron chi connectivity index (χ2n) is 6.70. The van der Waals surface area contributed by atoms with Crippen LogP contribution in [0.1, 0.15) is 30.5 Å². The Hall–Kier alpha value is -2.34. The van der Waals surface area contributed by atoms with Crippen LogP contribution in [0.4, 0.5) is 4.39 Å². The highest BCUT2D eigenvalue weighted by Gasteiger charge is 2.25. The van der Waals surface area contributed by atoms with E-state index in [-0.39, 0.29) is 29.9 Å². The highest BCUT2D eigenvalue weighted by molar-refractivity contribution is 7.99. The van der Waals surface area contributed by atoms with Crippen LogP contribution in [0.3, 0.4) is 0 Å². The number of carbonyl (C=O) groups is 2. The van der Waals surface area contributed by atoms with Gasteiger partial charge in [-0.1, -0.05) is 42.0 Å². The van der Waals surface area contributed by atoms with E-state index in [1.165, 1.54) is 29.5 Å². The van der Waals surface area contributed by atoms with Crippen molar-refractivity contribution in [3.05, 3.63) is 71.0 Å². The smallest absolute Gasteiger partial charge is 0.242 e. The predicted molar refractivity (Wildman–Crippen MR) is 112 cm³/mol. The molecule has 0 radical (unpaired) electrons. The van der Waals surface area contributed by atoms with Crippen molar-refractivity contribution in [3.8, 4) is 0 Å². The Morgan fingerprint density at radius 2 is 1.68 bits per heavy atom. The van der Waals surface area contributed by atoms with Gasteiger partial charge in [-0.2, -0.15) is 0 Å². The summed E-state index contributed by atoms with van der Waals surface area (Å²) in [4.78, 5) is 26.7. The summed E-state index contributed by atoms with van der Waals surface area (Å²) >= 11 is 1.52. The summed E-state index contributed by atoms with van der Waals surface area (Å²) in [5, 5.41) is 2.76. The number of likely N-dealkylation sites (N-methyl/N-ethyl adjacent to an activating group) is 1. The maximum Gasteiger partial charge on any atom is 0.242 e. The van der Waals surface area contributed by atoms with Crippen molar-refractivity contribution in [2.24, 2.45) is 0 Å². The molecule has 1 N–H and O–H groups in total. The summed E-state index contributed by atoms with van der Waals surface area (Å²) in [7, 11) is 0. The Kier molecular flexibility index (Phi) is 8.51. The van der Waals surface area contributed by atoms with E-state index in [0.29, 0.717) is 6.54 Å². The third-order valence-electron chi connectivity index (χ3n) is 4.40. The summed E-state index contributed by atoms with van der Waals surface area (Å²) in [6.07, 6.45) is 0. The van der Waals surface area contributed by atoms with E-state index in [9.17, 15) is 14.0 Å². The molecule has 0 saturated carbocycles. The highest BCUT2D eigenvalue weighted by atomic mass is 32.2. The third-order valence-corrected chi connectivity index (χ3v) is 5.39. The van der Waals surface area contributed by atoms with E-state index in [0.717, 1.165) is 16.9 Å². The number of nitrogens with one attached hydrogen (secondary N) is 1. The lowest BCUT2D eigenvalue weighted by atomic mass is 10.1. The minimum Gasteiger partial charge on any atom is -0.355 e. The molecule has 0 aromatic heterocycles. The molecular weight excluding hydrogens is 375 g/mol. The number of hydrogen-bond acceptors (Lipinski definition) is 3. The third kappa shape index (κ3) is 6.68. The first-order valence-electron chi connectivity index (χ1n) is 9.35. The van der Waals surface area contributed by atoms with Gasteiger partial charge in [0.05, 0.1) is 5.75 Å². The van der Waals surface area contributed by atoms with Crippen molar-refractivity contribution in [1.29, 1.82) is 0 Å². The number of rotatable bonds is 9. The van der Waals surface area contributed by atoms with Crippen molar-refractivity contribution < 1.29 is 14.0 Å². The molecule has 0 aliphatic heterocycles. The Morgan fingerprint density at radius 1 is 1.07 bits per heavy atom. The molecule has 150 valence electrons. The van der Waals surface area contributed by atoms with Gasteiger partial charge in [-0.05, 0) is 44.0 Å². The molecule has 0 aliphatic carbocycles. The lowest BCUT2D eigenvalue weighted by Crippen LogP contribution is -2.48.